The molecule has 0 aliphatic carbocycles. The van der Waals surface area contributed by atoms with Crippen LogP contribution in [-0.4, -0.2) is 38.9 Å². The number of benzene rings is 2. The topological polar surface area (TPSA) is 51.0 Å². The molecular formula is C19H18N4O. The lowest BCUT2D eigenvalue weighted by Gasteiger charge is -2.38. The Labute approximate surface area is 140 Å². The fourth-order valence-electron chi connectivity index (χ4n) is 2.93. The van der Waals surface area contributed by atoms with E-state index < -0.39 is 0 Å². The first-order valence-electron chi connectivity index (χ1n) is 8.03. The average Bonchev–Trinajstić information content (AvgIpc) is 3.08. The van der Waals surface area contributed by atoms with Crippen LogP contribution in [0.4, 0.5) is 0 Å². The van der Waals surface area contributed by atoms with E-state index in [1.165, 1.54) is 5.56 Å². The van der Waals surface area contributed by atoms with Gasteiger partial charge < -0.3 is 4.90 Å². The van der Waals surface area contributed by atoms with Gasteiger partial charge in [-0.25, -0.2) is 4.68 Å². The van der Waals surface area contributed by atoms with Gasteiger partial charge in [0, 0.05) is 24.8 Å². The largest absolute Gasteiger partial charge is 0.334 e. The van der Waals surface area contributed by atoms with Crippen molar-refractivity contribution in [2.45, 2.75) is 13.0 Å². The van der Waals surface area contributed by atoms with E-state index >= 15 is 0 Å². The number of aromatic nitrogens is 3. The minimum atomic E-state index is 0.0711. The lowest BCUT2D eigenvalue weighted by atomic mass is 10.0. The summed E-state index contributed by atoms with van der Waals surface area (Å²) in [4.78, 5) is 14.4. The van der Waals surface area contributed by atoms with Crippen LogP contribution in [0.2, 0.25) is 0 Å². The minimum Gasteiger partial charge on any atom is -0.334 e. The molecule has 0 saturated carbocycles. The molecule has 1 aromatic heterocycles. The Morgan fingerprint density at radius 2 is 1.62 bits per heavy atom. The molecule has 1 aliphatic rings. The van der Waals surface area contributed by atoms with Gasteiger partial charge in [0.05, 0.1) is 12.2 Å². The quantitative estimate of drug-likeness (QED) is 0.746. The van der Waals surface area contributed by atoms with Gasteiger partial charge in [-0.15, -0.1) is 5.10 Å². The van der Waals surface area contributed by atoms with E-state index in [9.17, 15) is 4.79 Å². The Hall–Kier alpha value is -2.95. The second-order valence-corrected chi connectivity index (χ2v) is 6.19. The van der Waals surface area contributed by atoms with Crippen molar-refractivity contribution in [1.29, 1.82) is 0 Å². The minimum absolute atomic E-state index is 0.0711. The summed E-state index contributed by atoms with van der Waals surface area (Å²) in [6.45, 7) is 3.44. The summed E-state index contributed by atoms with van der Waals surface area (Å²) in [5.74, 6) is 0.0711. The zero-order valence-corrected chi connectivity index (χ0v) is 13.5. The third kappa shape index (κ3) is 2.69. The third-order valence-electron chi connectivity index (χ3n) is 4.48. The second kappa shape index (κ2) is 5.92. The summed E-state index contributed by atoms with van der Waals surface area (Å²) >= 11 is 0. The molecule has 0 unspecified atom stereocenters. The molecule has 1 fully saturated rings. The Morgan fingerprint density at radius 1 is 1.00 bits per heavy atom. The van der Waals surface area contributed by atoms with E-state index in [1.807, 2.05) is 40.0 Å². The summed E-state index contributed by atoms with van der Waals surface area (Å²) in [6.07, 6.45) is 3.50. The number of carbonyl (C=O) groups is 1. The van der Waals surface area contributed by atoms with E-state index in [4.69, 9.17) is 0 Å². The number of aryl methyl sites for hydroxylation is 1. The highest BCUT2D eigenvalue weighted by molar-refractivity contribution is 5.95. The van der Waals surface area contributed by atoms with Crippen molar-refractivity contribution in [1.82, 2.24) is 19.9 Å². The van der Waals surface area contributed by atoms with E-state index in [0.717, 1.165) is 16.7 Å². The van der Waals surface area contributed by atoms with Crippen LogP contribution in [0, 0.1) is 6.92 Å². The molecule has 5 nitrogen and oxygen atoms in total. The van der Waals surface area contributed by atoms with Crippen molar-refractivity contribution >= 4 is 5.91 Å². The molecule has 1 amide bonds. The molecule has 0 N–H and O–H groups in total. The molecule has 0 bridgehead atoms. The lowest BCUT2D eigenvalue weighted by molar-refractivity contribution is 0.0498. The number of hydrogen-bond donors (Lipinski definition) is 0. The fourth-order valence-corrected chi connectivity index (χ4v) is 2.93. The highest BCUT2D eigenvalue weighted by atomic mass is 16.2. The number of hydrogen-bond acceptors (Lipinski definition) is 3. The average molecular weight is 318 g/mol. The molecule has 24 heavy (non-hydrogen) atoms. The van der Waals surface area contributed by atoms with Crippen LogP contribution in [0.25, 0.3) is 11.1 Å². The number of carbonyl (C=O) groups excluding carboxylic acids is 1. The SMILES string of the molecule is Cc1ccc(-c2ccc(C(=O)N3CC(n4ccnn4)C3)cc2)cc1. The Balaban J connectivity index is 1.43. The maximum atomic E-state index is 12.5. The van der Waals surface area contributed by atoms with Gasteiger partial charge in [0.2, 0.25) is 0 Å². The van der Waals surface area contributed by atoms with Crippen LogP contribution in [0.15, 0.2) is 60.9 Å². The van der Waals surface area contributed by atoms with E-state index in [2.05, 4.69) is 41.5 Å². The van der Waals surface area contributed by atoms with E-state index in [-0.39, 0.29) is 11.9 Å². The van der Waals surface area contributed by atoms with Crippen LogP contribution in [0.5, 0.6) is 0 Å². The first kappa shape index (κ1) is 14.6. The van der Waals surface area contributed by atoms with Gasteiger partial charge >= 0.3 is 0 Å². The Bertz CT molecular complexity index is 832. The molecule has 0 spiro atoms. The molecule has 0 atom stereocenters. The molecule has 3 aromatic rings. The highest BCUT2D eigenvalue weighted by Gasteiger charge is 2.32. The van der Waals surface area contributed by atoms with Crippen LogP contribution in [0.3, 0.4) is 0 Å². The third-order valence-corrected chi connectivity index (χ3v) is 4.48. The Morgan fingerprint density at radius 3 is 2.21 bits per heavy atom. The summed E-state index contributed by atoms with van der Waals surface area (Å²) in [5, 5.41) is 7.79. The number of amides is 1. The van der Waals surface area contributed by atoms with Crippen molar-refractivity contribution in [3.8, 4) is 11.1 Å². The number of likely N-dealkylation sites (tertiary alicyclic amines) is 1. The predicted molar refractivity (Wildman–Crippen MR) is 91.6 cm³/mol. The number of rotatable bonds is 3. The first-order valence-corrected chi connectivity index (χ1v) is 8.03. The van der Waals surface area contributed by atoms with Gasteiger partial charge in [-0.05, 0) is 30.2 Å². The zero-order valence-electron chi connectivity index (χ0n) is 13.5. The van der Waals surface area contributed by atoms with Crippen molar-refractivity contribution in [2.75, 3.05) is 13.1 Å². The van der Waals surface area contributed by atoms with Crippen LogP contribution in [0.1, 0.15) is 22.0 Å². The molecule has 5 heteroatoms. The highest BCUT2D eigenvalue weighted by Crippen LogP contribution is 2.24. The van der Waals surface area contributed by atoms with Gasteiger partial charge in [0.25, 0.3) is 5.91 Å². The summed E-state index contributed by atoms with van der Waals surface area (Å²) in [6, 6.07) is 16.5. The summed E-state index contributed by atoms with van der Waals surface area (Å²) in [7, 11) is 0. The standard InChI is InChI=1S/C19H18N4O/c1-14-2-4-15(5-3-14)16-6-8-17(9-7-16)19(24)22-12-18(13-22)23-11-10-20-21-23/h2-11,18H,12-13H2,1H3. The molecule has 2 aromatic carbocycles. The molecule has 1 aliphatic heterocycles. The van der Waals surface area contributed by atoms with Crippen molar-refractivity contribution in [2.24, 2.45) is 0 Å². The summed E-state index contributed by atoms with van der Waals surface area (Å²) in [5.41, 5.74) is 4.25. The fraction of sp³-hybridized carbons (Fsp3) is 0.211. The van der Waals surface area contributed by atoms with Crippen LogP contribution >= 0.6 is 0 Å². The smallest absolute Gasteiger partial charge is 0.253 e. The zero-order chi connectivity index (χ0) is 16.5. The van der Waals surface area contributed by atoms with Gasteiger partial charge in [-0.1, -0.05) is 47.2 Å². The first-order chi connectivity index (χ1) is 11.7. The molecule has 1 saturated heterocycles. The van der Waals surface area contributed by atoms with Gasteiger partial charge in [-0.3, -0.25) is 4.79 Å². The van der Waals surface area contributed by atoms with Crippen LogP contribution in [-0.2, 0) is 0 Å². The van der Waals surface area contributed by atoms with E-state index in [0.29, 0.717) is 13.1 Å². The summed E-state index contributed by atoms with van der Waals surface area (Å²) < 4.78 is 1.81. The second-order valence-electron chi connectivity index (χ2n) is 6.19. The molecule has 4 rings (SSSR count). The predicted octanol–water partition coefficient (Wildman–Crippen LogP) is 2.95. The van der Waals surface area contributed by atoms with Gasteiger partial charge in [-0.2, -0.15) is 0 Å². The van der Waals surface area contributed by atoms with Crippen molar-refractivity contribution in [3.05, 3.63) is 72.1 Å². The Kier molecular flexibility index (Phi) is 3.61. The molecular weight excluding hydrogens is 300 g/mol. The molecule has 120 valence electrons. The monoisotopic (exact) mass is 318 g/mol. The maximum absolute atomic E-state index is 12.5. The maximum Gasteiger partial charge on any atom is 0.253 e. The van der Waals surface area contributed by atoms with Gasteiger partial charge in [0.1, 0.15) is 0 Å². The van der Waals surface area contributed by atoms with Crippen molar-refractivity contribution in [3.63, 3.8) is 0 Å². The number of nitrogens with zero attached hydrogens (tertiary/aromatic N) is 4. The van der Waals surface area contributed by atoms with E-state index in [1.54, 1.807) is 6.20 Å². The van der Waals surface area contributed by atoms with Crippen LogP contribution < -0.4 is 0 Å². The molecule has 2 heterocycles. The lowest BCUT2D eigenvalue weighted by Crippen LogP contribution is -2.50. The van der Waals surface area contributed by atoms with Crippen molar-refractivity contribution < 1.29 is 4.79 Å². The molecule has 0 radical (unpaired) electrons. The normalized spacial score (nSPS) is 14.5. The van der Waals surface area contributed by atoms with Gasteiger partial charge in [0.15, 0.2) is 0 Å².